The largest absolute Gasteiger partial charge is 0.493 e. The summed E-state index contributed by atoms with van der Waals surface area (Å²) in [7, 11) is 4.35. The average Bonchev–Trinajstić information content (AvgIpc) is 3.58. The number of aromatic nitrogens is 2. The first-order valence-electron chi connectivity index (χ1n) is 17.4. The zero-order valence-corrected chi connectivity index (χ0v) is 29.6. The highest BCUT2D eigenvalue weighted by Gasteiger charge is 2.50. The Morgan fingerprint density at radius 1 is 0.882 bits per heavy atom. The van der Waals surface area contributed by atoms with E-state index in [0.29, 0.717) is 50.6 Å². The summed E-state index contributed by atoms with van der Waals surface area (Å²) in [5.74, 6) is -1.25. The van der Waals surface area contributed by atoms with E-state index in [9.17, 15) is 18.4 Å². The van der Waals surface area contributed by atoms with Crippen LogP contribution in [0.1, 0.15) is 42.1 Å². The number of carbonyl (C=O) groups is 2. The molecule has 13 heteroatoms. The van der Waals surface area contributed by atoms with Crippen LogP contribution in [0.2, 0.25) is 0 Å². The fraction of sp³-hybridized carbons (Fsp3) is 0.447. The molecule has 0 bridgehead atoms. The molecule has 11 nitrogen and oxygen atoms in total. The summed E-state index contributed by atoms with van der Waals surface area (Å²) < 4.78 is 53.0. The van der Waals surface area contributed by atoms with Crippen LogP contribution in [0.3, 0.4) is 0 Å². The van der Waals surface area contributed by atoms with Crippen LogP contribution < -0.4 is 19.1 Å². The molecule has 0 spiro atoms. The van der Waals surface area contributed by atoms with Crippen LogP contribution in [-0.2, 0) is 21.5 Å². The van der Waals surface area contributed by atoms with Crippen LogP contribution in [0, 0.1) is 11.6 Å². The molecule has 2 saturated heterocycles. The van der Waals surface area contributed by atoms with Crippen molar-refractivity contribution in [2.24, 2.45) is 0 Å². The van der Waals surface area contributed by atoms with Crippen LogP contribution in [0.4, 0.5) is 14.7 Å². The summed E-state index contributed by atoms with van der Waals surface area (Å²) in [5, 5.41) is 0. The molecule has 2 aliphatic rings. The van der Waals surface area contributed by atoms with Crippen molar-refractivity contribution in [3.63, 3.8) is 0 Å². The third-order valence-corrected chi connectivity index (χ3v) is 10.1. The van der Waals surface area contributed by atoms with Gasteiger partial charge in [0.2, 0.25) is 17.6 Å². The lowest BCUT2D eigenvalue weighted by molar-refractivity contribution is -0.130. The average molecular weight is 706 g/mol. The Morgan fingerprint density at radius 2 is 1.65 bits per heavy atom. The predicted octanol–water partition coefficient (Wildman–Crippen LogP) is 5.29. The van der Waals surface area contributed by atoms with E-state index in [1.807, 2.05) is 25.1 Å². The highest BCUT2D eigenvalue weighted by molar-refractivity contribution is 6.09. The fourth-order valence-electron chi connectivity index (χ4n) is 7.33. The Balaban J connectivity index is 1.22. The van der Waals surface area contributed by atoms with Gasteiger partial charge >= 0.3 is 0 Å². The summed E-state index contributed by atoms with van der Waals surface area (Å²) >= 11 is 0. The quantitative estimate of drug-likeness (QED) is 0.136. The number of imide groups is 1. The van der Waals surface area contributed by atoms with Gasteiger partial charge in [-0.05, 0) is 81.2 Å². The lowest BCUT2D eigenvalue weighted by Gasteiger charge is -2.31. The van der Waals surface area contributed by atoms with Gasteiger partial charge in [-0.15, -0.1) is 0 Å². The van der Waals surface area contributed by atoms with Gasteiger partial charge in [0.05, 0.1) is 44.4 Å². The molecule has 51 heavy (non-hydrogen) atoms. The number of nitrogens with zero attached hydrogens (tertiary/aromatic N) is 5. The van der Waals surface area contributed by atoms with E-state index < -0.39 is 28.9 Å². The second kappa shape index (κ2) is 15.6. The molecule has 3 aromatic carbocycles. The Kier molecular flexibility index (Phi) is 11.1. The molecule has 1 unspecified atom stereocenters. The second-order valence-electron chi connectivity index (χ2n) is 12.8. The molecule has 0 radical (unpaired) electrons. The maximum Gasteiger partial charge on any atom is 0.260 e. The summed E-state index contributed by atoms with van der Waals surface area (Å²) in [6, 6.07) is 14.7. The summed E-state index contributed by atoms with van der Waals surface area (Å²) in [6.45, 7) is 7.55. The minimum atomic E-state index is -1.23. The van der Waals surface area contributed by atoms with E-state index in [1.165, 1.54) is 44.4 Å². The maximum absolute atomic E-state index is 14.7. The van der Waals surface area contributed by atoms with Gasteiger partial charge in [-0.1, -0.05) is 18.2 Å². The lowest BCUT2D eigenvalue weighted by Crippen LogP contribution is -2.43. The molecule has 272 valence electrons. The summed E-state index contributed by atoms with van der Waals surface area (Å²) in [6.07, 6.45) is 1.45. The number of ether oxygens (including phenoxy) is 4. The SMILES string of the molecule is CCOCCn1c(N2CCCN(CCC3(c4ccc(F)c(F)c4)CCN(C(=O)c4cc(OC)c(OC)c(OC)c4)C3=O)CC2)nc2ccccc21. The molecule has 1 atom stereocenters. The lowest BCUT2D eigenvalue weighted by atomic mass is 9.76. The number of fused-ring (bicyclic) bond motifs is 1. The van der Waals surface area contributed by atoms with E-state index >= 15 is 0 Å². The van der Waals surface area contributed by atoms with Gasteiger partial charge in [0.25, 0.3) is 5.91 Å². The van der Waals surface area contributed by atoms with Gasteiger partial charge in [0, 0.05) is 44.9 Å². The van der Waals surface area contributed by atoms with Gasteiger partial charge in [-0.2, -0.15) is 0 Å². The third kappa shape index (κ3) is 7.09. The van der Waals surface area contributed by atoms with Crippen LogP contribution in [0.15, 0.2) is 54.6 Å². The van der Waals surface area contributed by atoms with Crippen molar-refractivity contribution >= 4 is 28.8 Å². The standard InChI is InChI=1S/C38H45F2N5O6/c1-5-51-22-21-44-31-10-7-6-9-30(31)41-37(44)43-16-8-15-42(19-20-43)17-13-38(27-11-12-28(39)29(40)25-27)14-18-45(36(38)47)35(46)26-23-32(48-2)34(50-4)33(24-26)49-3/h6-7,9-12,23-25H,5,8,13-22H2,1-4H3. The van der Waals surface area contributed by atoms with Gasteiger partial charge < -0.3 is 33.3 Å². The molecule has 4 aromatic rings. The third-order valence-electron chi connectivity index (χ3n) is 10.1. The van der Waals surface area contributed by atoms with Crippen LogP contribution in [-0.4, -0.2) is 105 Å². The van der Waals surface area contributed by atoms with Crippen molar-refractivity contribution in [2.75, 3.05) is 78.7 Å². The Hall–Kier alpha value is -4.75. The minimum absolute atomic E-state index is 0.110. The van der Waals surface area contributed by atoms with Gasteiger partial charge in [-0.3, -0.25) is 14.5 Å². The maximum atomic E-state index is 14.7. The molecular weight excluding hydrogens is 660 g/mol. The molecule has 0 N–H and O–H groups in total. The Labute approximate surface area is 296 Å². The second-order valence-corrected chi connectivity index (χ2v) is 12.8. The molecule has 0 aliphatic carbocycles. The first-order chi connectivity index (χ1) is 24.7. The van der Waals surface area contributed by atoms with Gasteiger partial charge in [0.15, 0.2) is 23.1 Å². The number of anilines is 1. The number of carbonyl (C=O) groups excluding carboxylic acids is 2. The Bertz CT molecular complexity index is 1860. The molecule has 2 fully saturated rings. The number of rotatable bonds is 13. The predicted molar refractivity (Wildman–Crippen MR) is 189 cm³/mol. The number of hydrogen-bond donors (Lipinski definition) is 0. The number of benzene rings is 3. The number of hydrogen-bond acceptors (Lipinski definition) is 9. The molecule has 2 amide bonds. The summed E-state index contributed by atoms with van der Waals surface area (Å²) in [4.78, 5) is 39.1. The molecule has 6 rings (SSSR count). The van der Waals surface area contributed by atoms with Crippen molar-refractivity contribution < 1.29 is 37.3 Å². The van der Waals surface area contributed by atoms with E-state index in [1.54, 1.807) is 0 Å². The fourth-order valence-corrected chi connectivity index (χ4v) is 7.33. The van der Waals surface area contributed by atoms with Gasteiger partial charge in [-0.25, -0.2) is 13.8 Å². The zero-order chi connectivity index (χ0) is 36.1. The molecular formula is C38H45F2N5O6. The highest BCUT2D eigenvalue weighted by Crippen LogP contribution is 2.42. The smallest absolute Gasteiger partial charge is 0.260 e. The van der Waals surface area contributed by atoms with Crippen molar-refractivity contribution in [3.05, 3.63) is 77.4 Å². The van der Waals surface area contributed by atoms with E-state index in [4.69, 9.17) is 23.9 Å². The number of para-hydroxylation sites is 2. The zero-order valence-electron chi connectivity index (χ0n) is 29.6. The topological polar surface area (TPSA) is 98.6 Å². The molecule has 0 saturated carbocycles. The minimum Gasteiger partial charge on any atom is -0.493 e. The van der Waals surface area contributed by atoms with Crippen LogP contribution in [0.25, 0.3) is 11.0 Å². The van der Waals surface area contributed by atoms with Crippen molar-refractivity contribution in [1.29, 1.82) is 0 Å². The van der Waals surface area contributed by atoms with Crippen molar-refractivity contribution in [3.8, 4) is 17.2 Å². The Morgan fingerprint density at radius 3 is 2.35 bits per heavy atom. The van der Waals surface area contributed by atoms with Crippen molar-refractivity contribution in [2.45, 2.75) is 38.1 Å². The van der Waals surface area contributed by atoms with E-state index in [-0.39, 0.29) is 30.0 Å². The monoisotopic (exact) mass is 705 g/mol. The van der Waals surface area contributed by atoms with Crippen molar-refractivity contribution in [1.82, 2.24) is 19.4 Å². The van der Waals surface area contributed by atoms with E-state index in [0.717, 1.165) is 55.2 Å². The number of methoxy groups -OCH3 is 3. The summed E-state index contributed by atoms with van der Waals surface area (Å²) in [5.41, 5.74) is 1.30. The number of imidazole rings is 1. The normalized spacial score (nSPS) is 18.4. The van der Waals surface area contributed by atoms with Crippen LogP contribution >= 0.6 is 0 Å². The first-order valence-corrected chi connectivity index (χ1v) is 17.4. The molecule has 3 heterocycles. The number of halogens is 2. The highest BCUT2D eigenvalue weighted by atomic mass is 19.2. The number of amides is 2. The van der Waals surface area contributed by atoms with Gasteiger partial charge in [0.1, 0.15) is 0 Å². The number of likely N-dealkylation sites (tertiary alicyclic amines) is 1. The molecule has 2 aliphatic heterocycles. The van der Waals surface area contributed by atoms with Crippen LogP contribution in [0.5, 0.6) is 17.2 Å². The molecule has 1 aromatic heterocycles. The van der Waals surface area contributed by atoms with E-state index in [2.05, 4.69) is 20.4 Å². The first kappa shape index (κ1) is 36.1.